The number of hydrogen-bond donors (Lipinski definition) is 7. The fourth-order valence-electron chi connectivity index (χ4n) is 6.31. The van der Waals surface area contributed by atoms with Gasteiger partial charge in [-0.1, -0.05) is 76.3 Å². The first-order valence-electron chi connectivity index (χ1n) is 17.7. The van der Waals surface area contributed by atoms with Gasteiger partial charge in [0.1, 0.15) is 30.2 Å². The van der Waals surface area contributed by atoms with Crippen LogP contribution >= 0.6 is 0 Å². The fraction of sp³-hybridized carbons (Fsp3) is 0.611. The second-order valence-corrected chi connectivity index (χ2v) is 13.9. The third-order valence-corrected chi connectivity index (χ3v) is 9.00. The summed E-state index contributed by atoms with van der Waals surface area (Å²) >= 11 is 0. The third kappa shape index (κ3) is 15.1. The Morgan fingerprint density at radius 1 is 0.808 bits per heavy atom. The summed E-state index contributed by atoms with van der Waals surface area (Å²) in [6.45, 7) is 4.78. The zero-order valence-corrected chi connectivity index (χ0v) is 30.4. The Kier molecular flexibility index (Phi) is 17.7. The summed E-state index contributed by atoms with van der Waals surface area (Å²) in [6.07, 6.45) is 3.45. The van der Waals surface area contributed by atoms with Crippen LogP contribution in [-0.4, -0.2) is 99.8 Å². The van der Waals surface area contributed by atoms with E-state index in [0.29, 0.717) is 5.56 Å². The minimum absolute atomic E-state index is 0.0227. The topological polar surface area (TPSA) is 254 Å². The number of benzene rings is 1. The molecule has 0 spiro atoms. The van der Waals surface area contributed by atoms with Crippen molar-refractivity contribution >= 4 is 47.4 Å². The van der Waals surface area contributed by atoms with Crippen LogP contribution in [0.15, 0.2) is 30.3 Å². The van der Waals surface area contributed by atoms with Crippen molar-refractivity contribution in [1.82, 2.24) is 26.2 Å². The molecule has 1 aromatic rings. The molecule has 1 aliphatic carbocycles. The number of hydrogen-bond acceptors (Lipinski definition) is 8. The van der Waals surface area contributed by atoms with Gasteiger partial charge in [0.2, 0.25) is 35.4 Å². The molecule has 16 heteroatoms. The number of nitrogens with one attached hydrogen (secondary N) is 4. The van der Waals surface area contributed by atoms with Gasteiger partial charge in [0.25, 0.3) is 0 Å². The van der Waals surface area contributed by atoms with Crippen molar-refractivity contribution in [3.8, 4) is 0 Å². The highest BCUT2D eigenvalue weighted by Gasteiger charge is 2.37. The molecule has 0 unspecified atom stereocenters. The number of aliphatic carboxylic acids is 2. The van der Waals surface area contributed by atoms with Crippen LogP contribution in [0.5, 0.6) is 0 Å². The first-order valence-corrected chi connectivity index (χ1v) is 17.7. The highest BCUT2D eigenvalue weighted by molar-refractivity contribution is 5.97. The lowest BCUT2D eigenvalue weighted by atomic mass is 9.84. The molecule has 0 radical (unpaired) electrons. The van der Waals surface area contributed by atoms with Crippen LogP contribution in [0.1, 0.15) is 90.5 Å². The first-order chi connectivity index (χ1) is 24.5. The van der Waals surface area contributed by atoms with E-state index in [9.17, 15) is 48.6 Å². The lowest BCUT2D eigenvalue weighted by molar-refractivity contribution is -0.148. The van der Waals surface area contributed by atoms with Crippen LogP contribution in [0.25, 0.3) is 0 Å². The molecular weight excluding hydrogens is 676 g/mol. The summed E-state index contributed by atoms with van der Waals surface area (Å²) < 4.78 is 0. The molecule has 16 nitrogen and oxygen atoms in total. The van der Waals surface area contributed by atoms with Crippen LogP contribution in [0.4, 0.5) is 0 Å². The molecule has 2 rings (SSSR count). The number of amides is 6. The zero-order chi connectivity index (χ0) is 39.0. The van der Waals surface area contributed by atoms with Crippen molar-refractivity contribution in [3.05, 3.63) is 35.9 Å². The quantitative estimate of drug-likeness (QED) is 0.0939. The molecule has 1 saturated carbocycles. The molecule has 1 aromatic carbocycles. The van der Waals surface area contributed by atoms with Gasteiger partial charge in [-0.15, -0.1) is 0 Å². The number of carboxylic acid groups (broad SMARTS) is 2. The molecule has 5 atom stereocenters. The number of nitrogens with zero attached hydrogens (tertiary/aromatic N) is 1. The van der Waals surface area contributed by atoms with Gasteiger partial charge < -0.3 is 42.1 Å². The van der Waals surface area contributed by atoms with Crippen molar-refractivity contribution in [2.75, 3.05) is 7.05 Å². The van der Waals surface area contributed by atoms with E-state index in [-0.39, 0.29) is 43.9 Å². The Morgan fingerprint density at radius 2 is 1.38 bits per heavy atom. The van der Waals surface area contributed by atoms with Crippen LogP contribution in [0.2, 0.25) is 0 Å². The maximum absolute atomic E-state index is 13.9. The molecule has 0 aromatic heterocycles. The predicted octanol–water partition coefficient (Wildman–Crippen LogP) is 0.857. The standard InChI is InChI=1S/C36H54N6O10/c1-21(2)17-29(34(49)41-28(36(51)52)19-24-13-9-6-10-14-24)42(4)35(50)27(20-31(45)46)40-33(48)26(18-23-11-7-5-8-12-23)39-32(47)25(38-22(3)43)15-16-30(37)44/h6,9-10,13-14,21,23,25-29H,5,7-8,11-12,15-20H2,1-4H3,(H2,37,44)(H,38,43)(H,39,47)(H,40,48)(H,41,49)(H,45,46)(H,51,52)/t25-,26-,27-,28-,29-/m0/s1. The molecule has 1 aliphatic rings. The minimum atomic E-state index is -1.66. The zero-order valence-electron chi connectivity index (χ0n) is 30.4. The maximum atomic E-state index is 13.9. The smallest absolute Gasteiger partial charge is 0.326 e. The lowest BCUT2D eigenvalue weighted by Gasteiger charge is -2.33. The number of nitrogens with two attached hydrogens (primary N) is 1. The molecule has 8 N–H and O–H groups in total. The number of carbonyl (C=O) groups excluding carboxylic acids is 6. The van der Waals surface area contributed by atoms with E-state index in [2.05, 4.69) is 21.3 Å². The van der Waals surface area contributed by atoms with Gasteiger partial charge in [-0.25, -0.2) is 4.79 Å². The molecule has 0 aliphatic heterocycles. The van der Waals surface area contributed by atoms with Crippen molar-refractivity contribution in [2.24, 2.45) is 17.6 Å². The fourth-order valence-corrected chi connectivity index (χ4v) is 6.31. The van der Waals surface area contributed by atoms with Crippen LogP contribution in [0, 0.1) is 11.8 Å². The Balaban J connectivity index is 2.35. The Morgan fingerprint density at radius 3 is 1.92 bits per heavy atom. The number of carboxylic acids is 2. The van der Waals surface area contributed by atoms with Gasteiger partial charge >= 0.3 is 11.9 Å². The number of likely N-dealkylation sites (N-methyl/N-ethyl adjacent to an activating group) is 1. The highest BCUT2D eigenvalue weighted by Crippen LogP contribution is 2.27. The molecule has 0 saturated heterocycles. The summed E-state index contributed by atoms with van der Waals surface area (Å²) in [5, 5.41) is 29.7. The monoisotopic (exact) mass is 730 g/mol. The molecule has 288 valence electrons. The average Bonchev–Trinajstić information content (AvgIpc) is 3.07. The average molecular weight is 731 g/mol. The minimum Gasteiger partial charge on any atom is -0.481 e. The SMILES string of the molecule is CC(=O)N[C@@H](CCC(N)=O)C(=O)N[C@@H](CC1CCCCC1)C(=O)N[C@@H](CC(=O)O)C(=O)N(C)[C@@H](CC(C)C)C(=O)N[C@@H](Cc1ccccc1)C(=O)O. The molecule has 0 heterocycles. The molecular formula is C36H54N6O10. The Hall–Kier alpha value is -5.02. The largest absolute Gasteiger partial charge is 0.481 e. The summed E-state index contributed by atoms with van der Waals surface area (Å²) in [5.74, 6) is -7.36. The van der Waals surface area contributed by atoms with Crippen molar-refractivity contribution in [1.29, 1.82) is 0 Å². The predicted molar refractivity (Wildman–Crippen MR) is 189 cm³/mol. The van der Waals surface area contributed by atoms with E-state index in [1.807, 2.05) is 0 Å². The maximum Gasteiger partial charge on any atom is 0.326 e. The van der Waals surface area contributed by atoms with Gasteiger partial charge in [0.15, 0.2) is 0 Å². The molecule has 1 fully saturated rings. The van der Waals surface area contributed by atoms with Crippen LogP contribution in [-0.2, 0) is 44.8 Å². The molecule has 6 amide bonds. The van der Waals surface area contributed by atoms with Crippen molar-refractivity contribution in [3.63, 3.8) is 0 Å². The second-order valence-electron chi connectivity index (χ2n) is 13.9. The molecule has 52 heavy (non-hydrogen) atoms. The third-order valence-electron chi connectivity index (χ3n) is 9.00. The number of carbonyl (C=O) groups is 8. The van der Waals surface area contributed by atoms with E-state index in [1.165, 1.54) is 14.0 Å². The van der Waals surface area contributed by atoms with Crippen molar-refractivity contribution < 1.29 is 48.6 Å². The first kappa shape index (κ1) is 43.1. The van der Waals surface area contributed by atoms with E-state index in [4.69, 9.17) is 5.73 Å². The second kappa shape index (κ2) is 21.4. The van der Waals surface area contributed by atoms with Gasteiger partial charge in [-0.05, 0) is 36.7 Å². The summed E-state index contributed by atoms with van der Waals surface area (Å²) in [6, 6.07) is 2.03. The van der Waals surface area contributed by atoms with Crippen LogP contribution < -0.4 is 27.0 Å². The van der Waals surface area contributed by atoms with E-state index in [0.717, 1.165) is 37.0 Å². The van der Waals surface area contributed by atoms with Gasteiger partial charge in [0, 0.05) is 26.8 Å². The van der Waals surface area contributed by atoms with Crippen molar-refractivity contribution in [2.45, 2.75) is 122 Å². The summed E-state index contributed by atoms with van der Waals surface area (Å²) in [5.41, 5.74) is 5.91. The van der Waals surface area contributed by atoms with E-state index < -0.39 is 84.0 Å². The Bertz CT molecular complexity index is 1420. The Labute approximate surface area is 304 Å². The van der Waals surface area contributed by atoms with Gasteiger partial charge in [0.05, 0.1) is 6.42 Å². The summed E-state index contributed by atoms with van der Waals surface area (Å²) in [7, 11) is 1.28. The van der Waals surface area contributed by atoms with E-state index >= 15 is 0 Å². The number of primary amides is 1. The highest BCUT2D eigenvalue weighted by atomic mass is 16.4. The lowest BCUT2D eigenvalue weighted by Crippen LogP contribution is -2.59. The van der Waals surface area contributed by atoms with E-state index in [1.54, 1.807) is 44.2 Å². The van der Waals surface area contributed by atoms with Crippen LogP contribution in [0.3, 0.4) is 0 Å². The normalized spacial score (nSPS) is 15.9. The summed E-state index contributed by atoms with van der Waals surface area (Å²) in [4.78, 5) is 103. The number of rotatable bonds is 21. The molecule has 0 bridgehead atoms. The van der Waals surface area contributed by atoms with Gasteiger partial charge in [-0.3, -0.25) is 33.6 Å². The van der Waals surface area contributed by atoms with Gasteiger partial charge in [-0.2, -0.15) is 0 Å².